The smallest absolute Gasteiger partial charge is 0.274 e. The first-order valence-electron chi connectivity index (χ1n) is 9.09. The van der Waals surface area contributed by atoms with E-state index in [0.29, 0.717) is 17.0 Å². The fraction of sp³-hybridized carbons (Fsp3) is 0.500. The van der Waals surface area contributed by atoms with Gasteiger partial charge in [-0.05, 0) is 44.4 Å². The van der Waals surface area contributed by atoms with Crippen LogP contribution in [0.25, 0.3) is 0 Å². The van der Waals surface area contributed by atoms with E-state index in [1.807, 2.05) is 38.1 Å². The lowest BCUT2D eigenvalue weighted by atomic mass is 10.1. The minimum Gasteiger partial charge on any atom is -0.489 e. The molecule has 1 aromatic carbocycles. The predicted octanol–water partition coefficient (Wildman–Crippen LogP) is 4.32. The number of benzene rings is 1. The number of carbonyl (C=O) groups excluding carboxylic acids is 1. The molecule has 0 bridgehead atoms. The van der Waals surface area contributed by atoms with Crippen molar-refractivity contribution in [1.29, 1.82) is 0 Å². The van der Waals surface area contributed by atoms with Crippen LogP contribution in [-0.2, 0) is 6.61 Å². The molecule has 5 nitrogen and oxygen atoms in total. The fourth-order valence-corrected chi connectivity index (χ4v) is 3.28. The lowest BCUT2D eigenvalue weighted by molar-refractivity contribution is 0.0922. The van der Waals surface area contributed by atoms with Gasteiger partial charge in [-0.25, -0.2) is 0 Å². The molecule has 134 valence electrons. The second-order valence-electron chi connectivity index (χ2n) is 6.83. The Bertz CT molecular complexity index is 715. The van der Waals surface area contributed by atoms with Gasteiger partial charge in [0, 0.05) is 6.04 Å². The molecule has 0 unspecified atom stereocenters. The van der Waals surface area contributed by atoms with E-state index >= 15 is 0 Å². The number of rotatable bonds is 5. The molecule has 1 aromatic heterocycles. The van der Waals surface area contributed by atoms with Gasteiger partial charge in [0.2, 0.25) is 0 Å². The lowest BCUT2D eigenvalue weighted by Gasteiger charge is -2.15. The summed E-state index contributed by atoms with van der Waals surface area (Å²) < 4.78 is 11.1. The van der Waals surface area contributed by atoms with Gasteiger partial charge in [-0.3, -0.25) is 4.79 Å². The first-order valence-corrected chi connectivity index (χ1v) is 9.09. The molecule has 25 heavy (non-hydrogen) atoms. The summed E-state index contributed by atoms with van der Waals surface area (Å²) in [5.74, 6) is 1.24. The highest BCUT2D eigenvalue weighted by molar-refractivity contribution is 5.93. The Labute approximate surface area is 148 Å². The highest BCUT2D eigenvalue weighted by Gasteiger charge is 2.23. The number of carbonyl (C=O) groups is 1. The van der Waals surface area contributed by atoms with Gasteiger partial charge < -0.3 is 14.6 Å². The number of nitrogens with zero attached hydrogens (tertiary/aromatic N) is 1. The van der Waals surface area contributed by atoms with Crippen LogP contribution in [-0.4, -0.2) is 17.1 Å². The molecule has 0 spiro atoms. The molecule has 1 aliphatic rings. The Kier molecular flexibility index (Phi) is 5.74. The van der Waals surface area contributed by atoms with Crippen LogP contribution >= 0.6 is 0 Å². The number of aryl methyl sites for hydroxylation is 2. The quantitative estimate of drug-likeness (QED) is 0.822. The maximum atomic E-state index is 12.6. The zero-order chi connectivity index (χ0) is 17.6. The monoisotopic (exact) mass is 342 g/mol. The lowest BCUT2D eigenvalue weighted by Crippen LogP contribution is -2.35. The van der Waals surface area contributed by atoms with Crippen LogP contribution in [0, 0.1) is 13.8 Å². The summed E-state index contributed by atoms with van der Waals surface area (Å²) in [4.78, 5) is 12.6. The van der Waals surface area contributed by atoms with Crippen LogP contribution in [0.4, 0.5) is 0 Å². The van der Waals surface area contributed by atoms with Crippen LogP contribution in [0.1, 0.15) is 65.9 Å². The second kappa shape index (κ2) is 8.19. The van der Waals surface area contributed by atoms with E-state index in [1.165, 1.54) is 25.7 Å². The Morgan fingerprint density at radius 2 is 2.00 bits per heavy atom. The minimum atomic E-state index is -0.161. The molecule has 1 saturated carbocycles. The maximum absolute atomic E-state index is 12.6. The third kappa shape index (κ3) is 4.62. The molecular formula is C20H26N2O3. The Morgan fingerprint density at radius 3 is 2.72 bits per heavy atom. The normalized spacial score (nSPS) is 15.6. The van der Waals surface area contributed by atoms with Gasteiger partial charge in [0.25, 0.3) is 5.91 Å². The second-order valence-corrected chi connectivity index (χ2v) is 6.83. The third-order valence-corrected chi connectivity index (χ3v) is 4.76. The zero-order valence-electron chi connectivity index (χ0n) is 15.0. The van der Waals surface area contributed by atoms with E-state index in [-0.39, 0.29) is 18.6 Å². The Balaban J connectivity index is 1.66. The van der Waals surface area contributed by atoms with Crippen molar-refractivity contribution in [1.82, 2.24) is 10.5 Å². The molecule has 1 N–H and O–H groups in total. The molecule has 0 aliphatic heterocycles. The van der Waals surface area contributed by atoms with Crippen LogP contribution in [0.2, 0.25) is 0 Å². The number of nitrogens with one attached hydrogen (secondary N) is 1. The SMILES string of the molecule is Cc1cccc(OCc2c(C(=O)NC3CCCCCC3)noc2C)c1. The van der Waals surface area contributed by atoms with Crippen LogP contribution in [0.15, 0.2) is 28.8 Å². The van der Waals surface area contributed by atoms with Gasteiger partial charge in [-0.15, -0.1) is 0 Å². The minimum absolute atomic E-state index is 0.161. The molecule has 0 saturated heterocycles. The van der Waals surface area contributed by atoms with E-state index in [9.17, 15) is 4.79 Å². The van der Waals surface area contributed by atoms with E-state index in [1.54, 1.807) is 0 Å². The summed E-state index contributed by atoms with van der Waals surface area (Å²) in [7, 11) is 0. The van der Waals surface area contributed by atoms with Crippen LogP contribution in [0.3, 0.4) is 0 Å². The molecule has 1 aliphatic carbocycles. The number of ether oxygens (including phenoxy) is 1. The first kappa shape index (κ1) is 17.5. The summed E-state index contributed by atoms with van der Waals surface area (Å²) >= 11 is 0. The number of hydrogen-bond donors (Lipinski definition) is 1. The van der Waals surface area contributed by atoms with E-state index in [4.69, 9.17) is 9.26 Å². The maximum Gasteiger partial charge on any atom is 0.274 e. The summed E-state index contributed by atoms with van der Waals surface area (Å²) in [6.45, 7) is 4.10. The third-order valence-electron chi connectivity index (χ3n) is 4.76. The van der Waals surface area contributed by atoms with E-state index in [0.717, 1.165) is 24.2 Å². The summed E-state index contributed by atoms with van der Waals surface area (Å²) in [5.41, 5.74) is 2.19. The number of aromatic nitrogens is 1. The average molecular weight is 342 g/mol. The predicted molar refractivity (Wildman–Crippen MR) is 95.7 cm³/mol. The first-order chi connectivity index (χ1) is 12.1. The van der Waals surface area contributed by atoms with Crippen LogP contribution < -0.4 is 10.1 Å². The highest BCUT2D eigenvalue weighted by atomic mass is 16.5. The topological polar surface area (TPSA) is 64.4 Å². The fourth-order valence-electron chi connectivity index (χ4n) is 3.28. The van der Waals surface area contributed by atoms with Gasteiger partial charge in [-0.2, -0.15) is 0 Å². The van der Waals surface area contributed by atoms with Crippen molar-refractivity contribution in [2.45, 2.75) is 65.0 Å². The molecule has 1 amide bonds. The van der Waals surface area contributed by atoms with E-state index < -0.39 is 0 Å². The van der Waals surface area contributed by atoms with Gasteiger partial charge in [-0.1, -0.05) is 43.0 Å². The van der Waals surface area contributed by atoms with Crippen molar-refractivity contribution in [2.24, 2.45) is 0 Å². The largest absolute Gasteiger partial charge is 0.489 e. The van der Waals surface area contributed by atoms with Gasteiger partial charge in [0.15, 0.2) is 5.69 Å². The van der Waals surface area contributed by atoms with E-state index in [2.05, 4.69) is 10.5 Å². The summed E-state index contributed by atoms with van der Waals surface area (Å²) in [5, 5.41) is 7.09. The van der Waals surface area contributed by atoms with Crippen molar-refractivity contribution in [2.75, 3.05) is 0 Å². The van der Waals surface area contributed by atoms with Crippen molar-refractivity contribution in [3.63, 3.8) is 0 Å². The molecule has 0 radical (unpaired) electrons. The zero-order valence-corrected chi connectivity index (χ0v) is 15.0. The number of hydrogen-bond acceptors (Lipinski definition) is 4. The van der Waals surface area contributed by atoms with Crippen molar-refractivity contribution in [3.05, 3.63) is 46.8 Å². The van der Waals surface area contributed by atoms with Crippen LogP contribution in [0.5, 0.6) is 5.75 Å². The molecule has 1 heterocycles. The average Bonchev–Trinajstić information content (AvgIpc) is 2.79. The summed E-state index contributed by atoms with van der Waals surface area (Å²) in [6.07, 6.45) is 6.93. The highest BCUT2D eigenvalue weighted by Crippen LogP contribution is 2.21. The van der Waals surface area contributed by atoms with Crippen molar-refractivity contribution in [3.8, 4) is 5.75 Å². The standard InChI is InChI=1S/C20H26N2O3/c1-14-8-7-11-17(12-14)24-13-18-15(2)25-22-19(18)20(23)21-16-9-5-3-4-6-10-16/h7-8,11-12,16H,3-6,9-10,13H2,1-2H3,(H,21,23). The number of amides is 1. The molecule has 5 heteroatoms. The Morgan fingerprint density at radius 1 is 1.24 bits per heavy atom. The molecule has 2 aromatic rings. The molecule has 3 rings (SSSR count). The van der Waals surface area contributed by atoms with Gasteiger partial charge in [0.05, 0.1) is 5.56 Å². The molecular weight excluding hydrogens is 316 g/mol. The molecule has 1 fully saturated rings. The van der Waals surface area contributed by atoms with Crippen molar-refractivity contribution >= 4 is 5.91 Å². The van der Waals surface area contributed by atoms with Crippen molar-refractivity contribution < 1.29 is 14.1 Å². The summed E-state index contributed by atoms with van der Waals surface area (Å²) in [6, 6.07) is 8.07. The van der Waals surface area contributed by atoms with Gasteiger partial charge >= 0.3 is 0 Å². The van der Waals surface area contributed by atoms with Gasteiger partial charge in [0.1, 0.15) is 18.1 Å². The Hall–Kier alpha value is -2.30. The molecule has 0 atom stereocenters.